The van der Waals surface area contributed by atoms with Crippen molar-refractivity contribution in [3.05, 3.63) is 35.1 Å². The van der Waals surface area contributed by atoms with E-state index in [0.717, 1.165) is 13.1 Å². The Morgan fingerprint density at radius 2 is 1.95 bits per heavy atom. The summed E-state index contributed by atoms with van der Waals surface area (Å²) in [5.74, 6) is -1.08. The average molecular weight is 308 g/mol. The van der Waals surface area contributed by atoms with Crippen LogP contribution >= 0.6 is 0 Å². The highest BCUT2D eigenvalue weighted by atomic mass is 19.1. The van der Waals surface area contributed by atoms with Crippen LogP contribution in [0.4, 0.5) is 4.39 Å². The van der Waals surface area contributed by atoms with Crippen molar-refractivity contribution in [2.45, 2.75) is 46.1 Å². The van der Waals surface area contributed by atoms with Gasteiger partial charge in [-0.2, -0.15) is 0 Å². The second-order valence-corrected chi connectivity index (χ2v) is 6.10. The highest BCUT2D eigenvalue weighted by Crippen LogP contribution is 2.45. The number of benzene rings is 1. The molecule has 1 aliphatic carbocycles. The fraction of sp³-hybridized carbons (Fsp3) is 0.588. The molecule has 4 nitrogen and oxygen atoms in total. The summed E-state index contributed by atoms with van der Waals surface area (Å²) in [6, 6.07) is 4.33. The number of amides is 1. The maximum atomic E-state index is 13.9. The van der Waals surface area contributed by atoms with Gasteiger partial charge in [-0.15, -0.1) is 0 Å². The third-order valence-corrected chi connectivity index (χ3v) is 4.59. The predicted octanol–water partition coefficient (Wildman–Crippen LogP) is 3.35. The number of hydroxylamine groups is 1. The lowest BCUT2D eigenvalue weighted by Gasteiger charge is -2.48. The van der Waals surface area contributed by atoms with Crippen LogP contribution in [-0.4, -0.2) is 29.1 Å². The number of carbonyl (C=O) groups excluding carboxylic acids is 1. The smallest absolute Gasteiger partial charge is 0.274 e. The second-order valence-electron chi connectivity index (χ2n) is 6.10. The van der Waals surface area contributed by atoms with E-state index in [-0.39, 0.29) is 5.56 Å². The molecule has 0 radical (unpaired) electrons. The molecule has 1 aromatic rings. The van der Waals surface area contributed by atoms with Crippen molar-refractivity contribution >= 4 is 5.91 Å². The second kappa shape index (κ2) is 7.20. The number of carbonyl (C=O) groups is 1. The third-order valence-electron chi connectivity index (χ3n) is 4.59. The van der Waals surface area contributed by atoms with Gasteiger partial charge in [-0.3, -0.25) is 14.9 Å². The summed E-state index contributed by atoms with van der Waals surface area (Å²) < 4.78 is 13.9. The highest BCUT2D eigenvalue weighted by Gasteiger charge is 2.44. The Balaban J connectivity index is 0.000000847. The minimum Gasteiger partial charge on any atom is -0.298 e. The predicted molar refractivity (Wildman–Crippen MR) is 83.2 cm³/mol. The van der Waals surface area contributed by atoms with Crippen molar-refractivity contribution in [2.75, 3.05) is 13.1 Å². The zero-order valence-corrected chi connectivity index (χ0v) is 13.4. The van der Waals surface area contributed by atoms with E-state index in [1.807, 2.05) is 13.8 Å². The Labute approximate surface area is 131 Å². The average Bonchev–Trinajstić information content (AvgIpc) is 2.99. The Kier molecular flexibility index (Phi) is 5.53. The monoisotopic (exact) mass is 308 g/mol. The van der Waals surface area contributed by atoms with E-state index in [1.54, 1.807) is 6.07 Å². The molecule has 2 aliphatic rings. The molecule has 1 aromatic carbocycles. The number of likely N-dealkylation sites (tertiary alicyclic amines) is 1. The van der Waals surface area contributed by atoms with E-state index >= 15 is 0 Å². The van der Waals surface area contributed by atoms with Crippen LogP contribution in [0.5, 0.6) is 0 Å². The van der Waals surface area contributed by atoms with E-state index in [2.05, 4.69) is 4.90 Å². The summed E-state index contributed by atoms with van der Waals surface area (Å²) in [5.41, 5.74) is 2.75. The van der Waals surface area contributed by atoms with Crippen LogP contribution in [0.1, 0.15) is 55.5 Å². The molecular formula is C17H25FN2O2. The van der Waals surface area contributed by atoms with E-state index in [1.165, 1.54) is 43.3 Å². The summed E-state index contributed by atoms with van der Waals surface area (Å²) >= 11 is 0. The molecule has 1 aliphatic heterocycles. The summed E-state index contributed by atoms with van der Waals surface area (Å²) in [5, 5.41) is 8.53. The van der Waals surface area contributed by atoms with E-state index in [4.69, 9.17) is 5.21 Å². The molecule has 0 aromatic heterocycles. The zero-order chi connectivity index (χ0) is 16.2. The number of halogens is 1. The molecule has 1 amide bonds. The molecule has 122 valence electrons. The lowest BCUT2D eigenvalue weighted by Crippen LogP contribution is -2.54. The van der Waals surface area contributed by atoms with Crippen molar-refractivity contribution in [3.8, 4) is 0 Å². The van der Waals surface area contributed by atoms with Gasteiger partial charge in [0.1, 0.15) is 5.82 Å². The van der Waals surface area contributed by atoms with Crippen molar-refractivity contribution in [3.63, 3.8) is 0 Å². The standard InChI is InChI=1S/C15H19FN2O2.C2H6/c16-13-7-11(14(19)17-20)3-4-12(13)8-18-9-15(10-18)5-1-2-6-15;1-2/h3-4,7,20H,1-2,5-6,8-10H2,(H,17,19);1-2H3. The summed E-state index contributed by atoms with van der Waals surface area (Å²) in [7, 11) is 0. The molecule has 3 rings (SSSR count). The number of hydrogen-bond donors (Lipinski definition) is 2. The van der Waals surface area contributed by atoms with Crippen LogP contribution in [0, 0.1) is 11.2 Å². The maximum absolute atomic E-state index is 13.9. The normalized spacial score (nSPS) is 19.3. The zero-order valence-electron chi connectivity index (χ0n) is 13.4. The Morgan fingerprint density at radius 3 is 2.50 bits per heavy atom. The SMILES string of the molecule is CC.O=C(NO)c1ccc(CN2CC3(CCCC3)C2)c(F)c1. The lowest BCUT2D eigenvalue weighted by molar-refractivity contribution is -0.000948. The highest BCUT2D eigenvalue weighted by molar-refractivity contribution is 5.93. The third kappa shape index (κ3) is 3.47. The topological polar surface area (TPSA) is 52.6 Å². The van der Waals surface area contributed by atoms with Crippen molar-refractivity contribution in [1.29, 1.82) is 0 Å². The Bertz CT molecular complexity index is 519. The van der Waals surface area contributed by atoms with Crippen LogP contribution in [0.3, 0.4) is 0 Å². The molecule has 5 heteroatoms. The van der Waals surface area contributed by atoms with Gasteiger partial charge in [0.25, 0.3) is 5.91 Å². The van der Waals surface area contributed by atoms with Gasteiger partial charge in [0.15, 0.2) is 0 Å². The molecule has 0 unspecified atom stereocenters. The van der Waals surface area contributed by atoms with E-state index in [0.29, 0.717) is 17.5 Å². The van der Waals surface area contributed by atoms with Crippen LogP contribution in [-0.2, 0) is 6.54 Å². The lowest BCUT2D eigenvalue weighted by atomic mass is 9.78. The van der Waals surface area contributed by atoms with Crippen molar-refractivity contribution in [2.24, 2.45) is 5.41 Å². The Morgan fingerprint density at radius 1 is 1.32 bits per heavy atom. The molecular weight excluding hydrogens is 283 g/mol. The largest absolute Gasteiger partial charge is 0.298 e. The first-order chi connectivity index (χ1) is 10.6. The molecule has 22 heavy (non-hydrogen) atoms. The first-order valence-electron chi connectivity index (χ1n) is 8.07. The molecule has 1 heterocycles. The van der Waals surface area contributed by atoms with Gasteiger partial charge in [-0.1, -0.05) is 32.8 Å². The molecule has 0 atom stereocenters. The summed E-state index contributed by atoms with van der Waals surface area (Å²) in [4.78, 5) is 13.5. The fourth-order valence-electron chi connectivity index (χ4n) is 3.58. The molecule has 0 bridgehead atoms. The van der Waals surface area contributed by atoms with E-state index < -0.39 is 11.7 Å². The van der Waals surface area contributed by atoms with Crippen molar-refractivity contribution in [1.82, 2.24) is 10.4 Å². The van der Waals surface area contributed by atoms with Crippen LogP contribution in [0.25, 0.3) is 0 Å². The van der Waals surface area contributed by atoms with E-state index in [9.17, 15) is 9.18 Å². The minimum atomic E-state index is -0.690. The maximum Gasteiger partial charge on any atom is 0.274 e. The molecule has 2 fully saturated rings. The Hall–Kier alpha value is -1.46. The fourth-order valence-corrected chi connectivity index (χ4v) is 3.58. The van der Waals surface area contributed by atoms with Gasteiger partial charge in [0.05, 0.1) is 0 Å². The number of hydrogen-bond acceptors (Lipinski definition) is 3. The van der Waals surface area contributed by atoms with Crippen LogP contribution < -0.4 is 5.48 Å². The first kappa shape index (κ1) is 16.9. The molecule has 1 saturated heterocycles. The number of rotatable bonds is 3. The minimum absolute atomic E-state index is 0.129. The quantitative estimate of drug-likeness (QED) is 0.665. The first-order valence-corrected chi connectivity index (χ1v) is 8.07. The van der Waals surface area contributed by atoms with Gasteiger partial charge in [0, 0.05) is 30.8 Å². The van der Waals surface area contributed by atoms with Gasteiger partial charge >= 0.3 is 0 Å². The van der Waals surface area contributed by atoms with Gasteiger partial charge in [-0.25, -0.2) is 9.87 Å². The summed E-state index contributed by atoms with van der Waals surface area (Å²) in [6.45, 7) is 6.71. The van der Waals surface area contributed by atoms with Gasteiger partial charge < -0.3 is 0 Å². The molecule has 1 spiro atoms. The number of nitrogens with zero attached hydrogens (tertiary/aromatic N) is 1. The van der Waals surface area contributed by atoms with Gasteiger partial charge in [-0.05, 0) is 30.4 Å². The molecule has 1 saturated carbocycles. The summed E-state index contributed by atoms with van der Waals surface area (Å²) in [6.07, 6.45) is 5.27. The van der Waals surface area contributed by atoms with Crippen LogP contribution in [0.2, 0.25) is 0 Å². The van der Waals surface area contributed by atoms with Crippen LogP contribution in [0.15, 0.2) is 18.2 Å². The van der Waals surface area contributed by atoms with Gasteiger partial charge in [0.2, 0.25) is 0 Å². The van der Waals surface area contributed by atoms with Crippen molar-refractivity contribution < 1.29 is 14.4 Å². The number of nitrogens with one attached hydrogen (secondary N) is 1. The molecule has 2 N–H and O–H groups in total.